The molecular formula is C18H14F3N5O2. The minimum Gasteiger partial charge on any atom is -0.321 e. The number of benzene rings is 2. The van der Waals surface area contributed by atoms with Gasteiger partial charge in [-0.3, -0.25) is 14.9 Å². The molecule has 1 aliphatic rings. The smallest absolute Gasteiger partial charge is 0.252 e. The molecule has 0 radical (unpaired) electrons. The number of hydrogen-bond donors (Lipinski definition) is 3. The summed E-state index contributed by atoms with van der Waals surface area (Å²) >= 11 is 0. The molecule has 0 aromatic heterocycles. The molecule has 0 spiro atoms. The van der Waals surface area contributed by atoms with Crippen molar-refractivity contribution in [3.8, 4) is 0 Å². The quantitative estimate of drug-likeness (QED) is 0.539. The molecule has 3 N–H and O–H groups in total. The molecule has 3 rings (SSSR count). The normalized spacial score (nSPS) is 16.0. The molecule has 0 unspecified atom stereocenters. The molecular weight excluding hydrogens is 375 g/mol. The summed E-state index contributed by atoms with van der Waals surface area (Å²) in [4.78, 5) is 27.8. The molecule has 28 heavy (non-hydrogen) atoms. The van der Waals surface area contributed by atoms with Gasteiger partial charge in [0.1, 0.15) is 29.2 Å². The topological polar surface area (TPSA) is 94.9 Å². The van der Waals surface area contributed by atoms with Gasteiger partial charge in [-0.25, -0.2) is 23.6 Å². The van der Waals surface area contributed by atoms with Gasteiger partial charge < -0.3 is 5.32 Å². The zero-order valence-electron chi connectivity index (χ0n) is 14.2. The SMILES string of the molecule is O=C(C[C@@H]1N=C(N/N=C\c2ccc(F)cc2)NC1=O)Nc1c(F)cccc1F. The highest BCUT2D eigenvalue weighted by atomic mass is 19.1. The number of guanidine groups is 1. The molecule has 0 aliphatic carbocycles. The molecule has 7 nitrogen and oxygen atoms in total. The van der Waals surface area contributed by atoms with Crippen LogP contribution in [-0.4, -0.2) is 30.0 Å². The van der Waals surface area contributed by atoms with Crippen molar-refractivity contribution < 1.29 is 22.8 Å². The van der Waals surface area contributed by atoms with Gasteiger partial charge in [0.15, 0.2) is 0 Å². The Morgan fingerprint density at radius 3 is 2.50 bits per heavy atom. The Morgan fingerprint density at radius 2 is 1.82 bits per heavy atom. The summed E-state index contributed by atoms with van der Waals surface area (Å²) < 4.78 is 39.9. The van der Waals surface area contributed by atoms with Crippen LogP contribution in [-0.2, 0) is 9.59 Å². The molecule has 0 fully saturated rings. The zero-order chi connectivity index (χ0) is 20.1. The van der Waals surface area contributed by atoms with E-state index in [4.69, 9.17) is 0 Å². The van der Waals surface area contributed by atoms with Crippen LogP contribution in [0, 0.1) is 17.5 Å². The average molecular weight is 389 g/mol. The number of aliphatic imine (C=N–C) groups is 1. The van der Waals surface area contributed by atoms with Crippen LogP contribution in [0.4, 0.5) is 18.9 Å². The lowest BCUT2D eigenvalue weighted by Gasteiger charge is -2.08. The lowest BCUT2D eigenvalue weighted by atomic mass is 10.2. The van der Waals surface area contributed by atoms with E-state index < -0.39 is 41.6 Å². The second-order valence-electron chi connectivity index (χ2n) is 5.75. The van der Waals surface area contributed by atoms with Crippen molar-refractivity contribution in [2.24, 2.45) is 10.1 Å². The van der Waals surface area contributed by atoms with Gasteiger partial charge in [-0.2, -0.15) is 5.10 Å². The van der Waals surface area contributed by atoms with Gasteiger partial charge in [-0.1, -0.05) is 18.2 Å². The van der Waals surface area contributed by atoms with Crippen molar-refractivity contribution in [1.82, 2.24) is 10.7 Å². The third-order valence-corrected chi connectivity index (χ3v) is 3.69. The van der Waals surface area contributed by atoms with Crippen molar-refractivity contribution in [2.75, 3.05) is 5.32 Å². The van der Waals surface area contributed by atoms with E-state index in [1.807, 2.05) is 0 Å². The average Bonchev–Trinajstić information content (AvgIpc) is 2.99. The lowest BCUT2D eigenvalue weighted by Crippen LogP contribution is -2.35. The van der Waals surface area contributed by atoms with Crippen molar-refractivity contribution in [3.63, 3.8) is 0 Å². The van der Waals surface area contributed by atoms with E-state index in [9.17, 15) is 22.8 Å². The van der Waals surface area contributed by atoms with E-state index >= 15 is 0 Å². The van der Waals surface area contributed by atoms with Gasteiger partial charge in [0.2, 0.25) is 11.9 Å². The van der Waals surface area contributed by atoms with Crippen molar-refractivity contribution >= 4 is 29.7 Å². The first-order valence-electron chi connectivity index (χ1n) is 8.09. The predicted molar refractivity (Wildman–Crippen MR) is 96.1 cm³/mol. The number of amides is 2. The summed E-state index contributed by atoms with van der Waals surface area (Å²) in [6.07, 6.45) is 0.974. The molecule has 0 bridgehead atoms. The number of anilines is 1. The fraction of sp³-hybridized carbons (Fsp3) is 0.111. The van der Waals surface area contributed by atoms with Crippen LogP contribution < -0.4 is 16.1 Å². The molecule has 0 saturated heterocycles. The van der Waals surface area contributed by atoms with Gasteiger partial charge in [-0.05, 0) is 29.8 Å². The van der Waals surface area contributed by atoms with Crippen molar-refractivity contribution in [2.45, 2.75) is 12.5 Å². The van der Waals surface area contributed by atoms with Gasteiger partial charge >= 0.3 is 0 Å². The van der Waals surface area contributed by atoms with E-state index in [-0.39, 0.29) is 11.8 Å². The monoisotopic (exact) mass is 389 g/mol. The van der Waals surface area contributed by atoms with E-state index in [0.717, 1.165) is 12.1 Å². The van der Waals surface area contributed by atoms with Gasteiger partial charge in [-0.15, -0.1) is 0 Å². The van der Waals surface area contributed by atoms with E-state index in [1.54, 1.807) is 0 Å². The summed E-state index contributed by atoms with van der Waals surface area (Å²) in [5.41, 5.74) is 2.51. The molecule has 144 valence electrons. The Bertz CT molecular complexity index is 940. The van der Waals surface area contributed by atoms with Crippen LogP contribution in [0.3, 0.4) is 0 Å². The number of nitrogens with zero attached hydrogens (tertiary/aromatic N) is 2. The number of hydrazone groups is 1. The number of hydrogen-bond acceptors (Lipinski definition) is 5. The minimum absolute atomic E-state index is 0.0123. The summed E-state index contributed by atoms with van der Waals surface area (Å²) in [5.74, 6) is -3.56. The standard InChI is InChI=1S/C18H14F3N5O2/c19-11-6-4-10(5-7-11)9-22-26-18-23-14(17(28)25-18)8-15(27)24-16-12(20)2-1-3-13(16)21/h1-7,9,14H,8H2,(H,24,27)(H2,23,25,26,28)/b22-9-/t14-/m0/s1. The fourth-order valence-electron chi connectivity index (χ4n) is 2.34. The predicted octanol–water partition coefficient (Wildman–Crippen LogP) is 1.91. The molecule has 10 heteroatoms. The summed E-state index contributed by atoms with van der Waals surface area (Å²) in [5, 5.41) is 8.33. The number of rotatable bonds is 5. The minimum atomic E-state index is -1.07. The third-order valence-electron chi connectivity index (χ3n) is 3.69. The molecule has 2 aromatic rings. The number of carbonyl (C=O) groups excluding carboxylic acids is 2. The van der Waals surface area contributed by atoms with E-state index in [2.05, 4.69) is 26.2 Å². The zero-order valence-corrected chi connectivity index (χ0v) is 14.2. The molecule has 1 heterocycles. The number of nitrogens with one attached hydrogen (secondary N) is 3. The van der Waals surface area contributed by atoms with Crippen LogP contribution >= 0.6 is 0 Å². The Labute approximate surface area is 157 Å². The highest BCUT2D eigenvalue weighted by molar-refractivity contribution is 6.07. The van der Waals surface area contributed by atoms with Crippen LogP contribution in [0.2, 0.25) is 0 Å². The van der Waals surface area contributed by atoms with Gasteiger partial charge in [0, 0.05) is 0 Å². The number of para-hydroxylation sites is 1. The molecule has 2 amide bonds. The van der Waals surface area contributed by atoms with Crippen LogP contribution in [0.5, 0.6) is 0 Å². The maximum absolute atomic E-state index is 13.6. The molecule has 0 saturated carbocycles. The summed E-state index contributed by atoms with van der Waals surface area (Å²) in [6, 6.07) is 7.64. The largest absolute Gasteiger partial charge is 0.321 e. The number of halogens is 3. The maximum Gasteiger partial charge on any atom is 0.252 e. The Kier molecular flexibility index (Phi) is 5.68. The van der Waals surface area contributed by atoms with E-state index in [1.165, 1.54) is 36.5 Å². The molecule has 1 aliphatic heterocycles. The lowest BCUT2D eigenvalue weighted by molar-refractivity contribution is -0.123. The number of carbonyl (C=O) groups is 2. The first-order chi connectivity index (χ1) is 13.4. The fourth-order valence-corrected chi connectivity index (χ4v) is 2.34. The highest BCUT2D eigenvalue weighted by Gasteiger charge is 2.29. The maximum atomic E-state index is 13.6. The highest BCUT2D eigenvalue weighted by Crippen LogP contribution is 2.18. The molecule has 2 aromatic carbocycles. The summed E-state index contributed by atoms with van der Waals surface area (Å²) in [6.45, 7) is 0. The summed E-state index contributed by atoms with van der Waals surface area (Å²) in [7, 11) is 0. The van der Waals surface area contributed by atoms with Crippen molar-refractivity contribution in [1.29, 1.82) is 0 Å². The Hall–Kier alpha value is -3.69. The van der Waals surface area contributed by atoms with E-state index in [0.29, 0.717) is 5.56 Å². The second kappa shape index (κ2) is 8.33. The van der Waals surface area contributed by atoms with Crippen LogP contribution in [0.15, 0.2) is 52.6 Å². The second-order valence-corrected chi connectivity index (χ2v) is 5.75. The van der Waals surface area contributed by atoms with Crippen LogP contribution in [0.1, 0.15) is 12.0 Å². The van der Waals surface area contributed by atoms with Gasteiger partial charge in [0.05, 0.1) is 12.6 Å². The Balaban J connectivity index is 1.57. The Morgan fingerprint density at radius 1 is 1.14 bits per heavy atom. The first kappa shape index (κ1) is 19.1. The molecule has 1 atom stereocenters. The third kappa shape index (κ3) is 4.72. The first-order valence-corrected chi connectivity index (χ1v) is 8.09. The van der Waals surface area contributed by atoms with Gasteiger partial charge in [0.25, 0.3) is 5.91 Å². The van der Waals surface area contributed by atoms with Crippen LogP contribution in [0.25, 0.3) is 0 Å². The van der Waals surface area contributed by atoms with Crippen molar-refractivity contribution in [3.05, 3.63) is 65.5 Å².